The van der Waals surface area contributed by atoms with E-state index in [4.69, 9.17) is 4.84 Å². The van der Waals surface area contributed by atoms with Crippen molar-refractivity contribution in [2.45, 2.75) is 13.0 Å². The van der Waals surface area contributed by atoms with Gasteiger partial charge in [0.1, 0.15) is 12.7 Å². The summed E-state index contributed by atoms with van der Waals surface area (Å²) in [5, 5.41) is 9.99. The fraction of sp³-hybridized carbons (Fsp3) is 0.176. The zero-order valence-corrected chi connectivity index (χ0v) is 11.5. The van der Waals surface area contributed by atoms with Crippen molar-refractivity contribution < 1.29 is 9.94 Å². The van der Waals surface area contributed by atoms with Crippen LogP contribution in [0.15, 0.2) is 66.9 Å². The zero-order valence-electron chi connectivity index (χ0n) is 11.5. The summed E-state index contributed by atoms with van der Waals surface area (Å²) in [4.78, 5) is 5.12. The molecule has 0 heterocycles. The zero-order chi connectivity index (χ0) is 14.2. The smallest absolute Gasteiger partial charge is 0.105 e. The molecule has 0 fully saturated rings. The van der Waals surface area contributed by atoms with Crippen molar-refractivity contribution in [2.24, 2.45) is 0 Å². The highest BCUT2D eigenvalue weighted by Crippen LogP contribution is 2.21. The first kappa shape index (κ1) is 14.3. The Balaban J connectivity index is 1.97. The molecular formula is C17H19NO2. The van der Waals surface area contributed by atoms with Crippen molar-refractivity contribution in [3.05, 3.63) is 72.4 Å². The lowest BCUT2D eigenvalue weighted by molar-refractivity contribution is -0.00172. The molecule has 0 saturated carbocycles. The van der Waals surface area contributed by atoms with Crippen LogP contribution in [0.1, 0.15) is 18.6 Å². The molecule has 2 rings (SSSR count). The lowest BCUT2D eigenvalue weighted by Crippen LogP contribution is -2.14. The fourth-order valence-corrected chi connectivity index (χ4v) is 1.87. The van der Waals surface area contributed by atoms with Gasteiger partial charge in [-0.2, -0.15) is 0 Å². The SMILES string of the molecule is CC=CNOCC(O)c1ccc(-c2ccccc2)cc1. The standard InChI is InChI=1S/C17H19NO2/c1-2-12-18-20-13-17(19)16-10-8-15(9-11-16)14-6-4-3-5-7-14/h2-12,17-19H,13H2,1H3. The van der Waals surface area contributed by atoms with Gasteiger partial charge >= 0.3 is 0 Å². The van der Waals surface area contributed by atoms with Gasteiger partial charge in [0.05, 0.1) is 0 Å². The molecule has 2 aromatic rings. The van der Waals surface area contributed by atoms with Gasteiger partial charge in [0.2, 0.25) is 0 Å². The Hall–Kier alpha value is -2.10. The Bertz CT molecular complexity index is 535. The Morgan fingerprint density at radius 3 is 2.35 bits per heavy atom. The average molecular weight is 269 g/mol. The van der Waals surface area contributed by atoms with Crippen molar-refractivity contribution in [2.75, 3.05) is 6.61 Å². The molecule has 2 N–H and O–H groups in total. The molecule has 0 aliphatic heterocycles. The second-order valence-electron chi connectivity index (χ2n) is 4.43. The number of benzene rings is 2. The van der Waals surface area contributed by atoms with Crippen LogP contribution in [0, 0.1) is 0 Å². The number of rotatable bonds is 6. The van der Waals surface area contributed by atoms with Crippen LogP contribution in [0.4, 0.5) is 0 Å². The minimum absolute atomic E-state index is 0.203. The highest BCUT2D eigenvalue weighted by Gasteiger charge is 2.07. The van der Waals surface area contributed by atoms with Gasteiger partial charge in [0, 0.05) is 6.20 Å². The van der Waals surface area contributed by atoms with Crippen LogP contribution in [0.25, 0.3) is 11.1 Å². The third kappa shape index (κ3) is 3.95. The number of aliphatic hydroxyl groups is 1. The van der Waals surface area contributed by atoms with Gasteiger partial charge in [-0.25, -0.2) is 0 Å². The monoisotopic (exact) mass is 269 g/mol. The molecule has 104 valence electrons. The molecule has 0 aliphatic carbocycles. The third-order valence-electron chi connectivity index (χ3n) is 2.96. The topological polar surface area (TPSA) is 41.5 Å². The van der Waals surface area contributed by atoms with Gasteiger partial charge in [-0.05, 0) is 23.6 Å². The normalized spacial score (nSPS) is 12.5. The summed E-state index contributed by atoms with van der Waals surface area (Å²) < 4.78 is 0. The first-order chi connectivity index (χ1) is 9.81. The Kier molecular flexibility index (Phi) is 5.35. The lowest BCUT2D eigenvalue weighted by Gasteiger charge is -2.11. The predicted molar refractivity (Wildman–Crippen MR) is 80.7 cm³/mol. The van der Waals surface area contributed by atoms with E-state index < -0.39 is 6.10 Å². The van der Waals surface area contributed by atoms with Crippen molar-refractivity contribution >= 4 is 0 Å². The van der Waals surface area contributed by atoms with Crippen LogP contribution in [0.3, 0.4) is 0 Å². The van der Waals surface area contributed by atoms with Crippen molar-refractivity contribution in [1.29, 1.82) is 0 Å². The predicted octanol–water partition coefficient (Wildman–Crippen LogP) is 3.44. The summed E-state index contributed by atoms with van der Waals surface area (Å²) in [6, 6.07) is 18.0. The molecule has 2 aromatic carbocycles. The van der Waals surface area contributed by atoms with Gasteiger partial charge in [-0.15, -0.1) is 0 Å². The molecule has 0 radical (unpaired) electrons. The van der Waals surface area contributed by atoms with Gasteiger partial charge in [0.25, 0.3) is 0 Å². The molecule has 3 heteroatoms. The third-order valence-corrected chi connectivity index (χ3v) is 2.96. The molecule has 1 unspecified atom stereocenters. The number of hydrogen-bond acceptors (Lipinski definition) is 3. The van der Waals surface area contributed by atoms with E-state index in [1.807, 2.05) is 55.5 Å². The highest BCUT2D eigenvalue weighted by atomic mass is 16.6. The van der Waals surface area contributed by atoms with Crippen molar-refractivity contribution in [1.82, 2.24) is 5.48 Å². The maximum atomic E-state index is 9.99. The van der Waals surface area contributed by atoms with Gasteiger partial charge in [-0.1, -0.05) is 60.7 Å². The summed E-state index contributed by atoms with van der Waals surface area (Å²) in [6.45, 7) is 2.09. The summed E-state index contributed by atoms with van der Waals surface area (Å²) in [5.41, 5.74) is 5.77. The summed E-state index contributed by atoms with van der Waals surface area (Å²) >= 11 is 0. The maximum Gasteiger partial charge on any atom is 0.105 e. The van der Waals surface area contributed by atoms with Crippen LogP contribution in [-0.2, 0) is 4.84 Å². The Morgan fingerprint density at radius 1 is 1.05 bits per heavy atom. The second-order valence-corrected chi connectivity index (χ2v) is 4.43. The van der Waals surface area contributed by atoms with Gasteiger partial charge in [0.15, 0.2) is 0 Å². The maximum absolute atomic E-state index is 9.99. The van der Waals surface area contributed by atoms with E-state index in [9.17, 15) is 5.11 Å². The van der Waals surface area contributed by atoms with E-state index in [-0.39, 0.29) is 6.61 Å². The van der Waals surface area contributed by atoms with E-state index in [1.54, 1.807) is 6.20 Å². The quantitative estimate of drug-likeness (QED) is 0.623. The first-order valence-corrected chi connectivity index (χ1v) is 6.63. The van der Waals surface area contributed by atoms with E-state index in [0.29, 0.717) is 0 Å². The molecule has 0 aliphatic rings. The van der Waals surface area contributed by atoms with Crippen molar-refractivity contribution in [3.63, 3.8) is 0 Å². The number of nitrogens with one attached hydrogen (secondary N) is 1. The van der Waals surface area contributed by atoms with Gasteiger partial charge < -0.3 is 5.11 Å². The first-order valence-electron chi connectivity index (χ1n) is 6.63. The molecule has 1 atom stereocenters. The summed E-state index contributed by atoms with van der Waals surface area (Å²) in [5.74, 6) is 0. The molecule has 0 bridgehead atoms. The Labute approximate surface area is 119 Å². The van der Waals surface area contributed by atoms with Crippen LogP contribution in [-0.4, -0.2) is 11.7 Å². The number of hydroxylamine groups is 1. The lowest BCUT2D eigenvalue weighted by atomic mass is 10.0. The molecule has 0 saturated heterocycles. The molecule has 20 heavy (non-hydrogen) atoms. The number of hydrogen-bond donors (Lipinski definition) is 2. The fourth-order valence-electron chi connectivity index (χ4n) is 1.87. The minimum atomic E-state index is -0.641. The molecule has 0 spiro atoms. The van der Waals surface area contributed by atoms with E-state index in [2.05, 4.69) is 17.6 Å². The van der Waals surface area contributed by atoms with Crippen LogP contribution >= 0.6 is 0 Å². The largest absolute Gasteiger partial charge is 0.386 e. The molecule has 3 nitrogen and oxygen atoms in total. The highest BCUT2D eigenvalue weighted by molar-refractivity contribution is 5.63. The van der Waals surface area contributed by atoms with Crippen LogP contribution < -0.4 is 5.48 Å². The van der Waals surface area contributed by atoms with Crippen LogP contribution in [0.2, 0.25) is 0 Å². The summed E-state index contributed by atoms with van der Waals surface area (Å²) in [7, 11) is 0. The number of aliphatic hydroxyl groups excluding tert-OH is 1. The minimum Gasteiger partial charge on any atom is -0.386 e. The van der Waals surface area contributed by atoms with E-state index in [0.717, 1.165) is 11.1 Å². The van der Waals surface area contributed by atoms with E-state index in [1.165, 1.54) is 5.56 Å². The van der Waals surface area contributed by atoms with E-state index >= 15 is 0 Å². The molecular weight excluding hydrogens is 250 g/mol. The second kappa shape index (κ2) is 7.48. The van der Waals surface area contributed by atoms with Crippen molar-refractivity contribution in [3.8, 4) is 11.1 Å². The average Bonchev–Trinajstić information content (AvgIpc) is 2.52. The number of allylic oxidation sites excluding steroid dienone is 1. The molecule has 0 aromatic heterocycles. The molecule has 0 amide bonds. The van der Waals surface area contributed by atoms with Crippen LogP contribution in [0.5, 0.6) is 0 Å². The van der Waals surface area contributed by atoms with Gasteiger partial charge in [-0.3, -0.25) is 10.3 Å². The summed E-state index contributed by atoms with van der Waals surface area (Å²) in [6.07, 6.45) is 2.85. The Morgan fingerprint density at radius 2 is 1.70 bits per heavy atom.